The summed E-state index contributed by atoms with van der Waals surface area (Å²) in [6.45, 7) is 0.0796. The number of ether oxygens (including phenoxy) is 1. The van der Waals surface area contributed by atoms with Crippen LogP contribution in [0.2, 0.25) is 0 Å². The van der Waals surface area contributed by atoms with Gasteiger partial charge in [-0.1, -0.05) is 0 Å². The van der Waals surface area contributed by atoms with Gasteiger partial charge in [0.25, 0.3) is 0 Å². The minimum absolute atomic E-state index is 0.0785. The fourth-order valence-corrected chi connectivity index (χ4v) is 1.99. The van der Waals surface area contributed by atoms with Gasteiger partial charge in [-0.15, -0.1) is 0 Å². The summed E-state index contributed by atoms with van der Waals surface area (Å²) in [5.41, 5.74) is 0.519. The summed E-state index contributed by atoms with van der Waals surface area (Å²) in [7, 11) is 0. The molecule has 0 unspecified atom stereocenters. The second kappa shape index (κ2) is 6.18. The van der Waals surface area contributed by atoms with Crippen LogP contribution < -0.4 is 9.64 Å². The fourth-order valence-electron chi connectivity index (χ4n) is 1.99. The van der Waals surface area contributed by atoms with Crippen LogP contribution in [0.1, 0.15) is 25.7 Å². The van der Waals surface area contributed by atoms with Gasteiger partial charge >= 0.3 is 5.97 Å². The molecular formula is C14H15NO5. The molecule has 0 radical (unpaired) electrons. The van der Waals surface area contributed by atoms with E-state index in [1.165, 1.54) is 4.90 Å². The van der Waals surface area contributed by atoms with Crippen molar-refractivity contribution in [2.75, 3.05) is 11.5 Å². The van der Waals surface area contributed by atoms with E-state index < -0.39 is 5.97 Å². The number of anilines is 1. The molecule has 1 aromatic carbocycles. The molecule has 1 heterocycles. The summed E-state index contributed by atoms with van der Waals surface area (Å²) in [5.74, 6) is -0.806. The lowest BCUT2D eigenvalue weighted by molar-refractivity contribution is -0.137. The molecule has 1 N–H and O–H groups in total. The Kier molecular flexibility index (Phi) is 4.34. The van der Waals surface area contributed by atoms with Gasteiger partial charge < -0.3 is 9.84 Å². The number of carbonyl (C=O) groups is 3. The van der Waals surface area contributed by atoms with Gasteiger partial charge in [0.2, 0.25) is 11.8 Å². The molecule has 1 aliphatic rings. The maximum atomic E-state index is 11.7. The van der Waals surface area contributed by atoms with Crippen LogP contribution >= 0.6 is 0 Å². The average Bonchev–Trinajstić information content (AvgIpc) is 2.40. The molecular weight excluding hydrogens is 262 g/mol. The normalized spacial score (nSPS) is 15.3. The number of carboxylic acids is 1. The van der Waals surface area contributed by atoms with Crippen LogP contribution in [0.15, 0.2) is 24.3 Å². The predicted molar refractivity (Wildman–Crippen MR) is 70.5 cm³/mol. The average molecular weight is 277 g/mol. The number of carbonyl (C=O) groups excluding carboxylic acids is 2. The lowest BCUT2D eigenvalue weighted by atomic mass is 10.1. The van der Waals surface area contributed by atoms with Crippen LogP contribution in [0.3, 0.4) is 0 Å². The summed E-state index contributed by atoms with van der Waals surface area (Å²) in [6.07, 6.45) is 1.28. The number of carboxylic acid groups (broad SMARTS) is 1. The molecule has 20 heavy (non-hydrogen) atoms. The molecule has 0 aromatic heterocycles. The van der Waals surface area contributed by atoms with Gasteiger partial charge in [-0.3, -0.25) is 19.3 Å². The Hall–Kier alpha value is -2.37. The number of amides is 2. The minimum atomic E-state index is -0.925. The minimum Gasteiger partial charge on any atom is -0.493 e. The van der Waals surface area contributed by atoms with E-state index in [0.29, 0.717) is 30.7 Å². The topological polar surface area (TPSA) is 83.9 Å². The van der Waals surface area contributed by atoms with Crippen molar-refractivity contribution in [2.45, 2.75) is 25.7 Å². The van der Waals surface area contributed by atoms with Crippen molar-refractivity contribution >= 4 is 23.5 Å². The lowest BCUT2D eigenvalue weighted by Crippen LogP contribution is -2.40. The molecule has 1 aliphatic heterocycles. The molecule has 0 saturated carbocycles. The Morgan fingerprint density at radius 3 is 2.30 bits per heavy atom. The first-order chi connectivity index (χ1) is 9.58. The second-order valence-corrected chi connectivity index (χ2v) is 4.46. The third kappa shape index (κ3) is 3.34. The Balaban J connectivity index is 2.02. The Morgan fingerprint density at radius 1 is 1.15 bits per heavy atom. The van der Waals surface area contributed by atoms with Gasteiger partial charge in [0.15, 0.2) is 0 Å². The maximum absolute atomic E-state index is 11.7. The summed E-state index contributed by atoms with van der Waals surface area (Å²) in [4.78, 5) is 35.0. The quantitative estimate of drug-likeness (QED) is 0.826. The summed E-state index contributed by atoms with van der Waals surface area (Å²) in [5, 5.41) is 8.50. The molecule has 0 spiro atoms. The molecule has 106 valence electrons. The van der Waals surface area contributed by atoms with Crippen LogP contribution in [0.4, 0.5) is 5.69 Å². The molecule has 2 rings (SSSR count). The first kappa shape index (κ1) is 14.0. The fraction of sp³-hybridized carbons (Fsp3) is 0.357. The van der Waals surface area contributed by atoms with E-state index in [-0.39, 0.29) is 24.8 Å². The van der Waals surface area contributed by atoms with Crippen molar-refractivity contribution in [2.24, 2.45) is 0 Å². The van der Waals surface area contributed by atoms with Gasteiger partial charge in [0, 0.05) is 12.8 Å². The van der Waals surface area contributed by atoms with Crippen molar-refractivity contribution in [3.05, 3.63) is 24.3 Å². The third-order valence-corrected chi connectivity index (χ3v) is 2.96. The Bertz CT molecular complexity index is 507. The van der Waals surface area contributed by atoms with Gasteiger partial charge in [-0.25, -0.2) is 0 Å². The van der Waals surface area contributed by atoms with E-state index in [4.69, 9.17) is 9.84 Å². The highest BCUT2D eigenvalue weighted by Crippen LogP contribution is 2.24. The van der Waals surface area contributed by atoms with E-state index in [2.05, 4.69) is 0 Å². The largest absolute Gasteiger partial charge is 0.493 e. The molecule has 1 fully saturated rings. The summed E-state index contributed by atoms with van der Waals surface area (Å²) in [6, 6.07) is 6.48. The van der Waals surface area contributed by atoms with Crippen LogP contribution in [0.5, 0.6) is 5.75 Å². The van der Waals surface area contributed by atoms with Crippen molar-refractivity contribution < 1.29 is 24.2 Å². The number of imide groups is 1. The SMILES string of the molecule is O=C(O)CCOc1ccc(N2C(=O)CCCC2=O)cc1. The number of rotatable bonds is 5. The number of hydrogen-bond donors (Lipinski definition) is 1. The smallest absolute Gasteiger partial charge is 0.306 e. The highest BCUT2D eigenvalue weighted by molar-refractivity contribution is 6.16. The maximum Gasteiger partial charge on any atom is 0.306 e. The van der Waals surface area contributed by atoms with Crippen molar-refractivity contribution in [3.63, 3.8) is 0 Å². The van der Waals surface area contributed by atoms with Crippen molar-refractivity contribution in [1.29, 1.82) is 0 Å². The molecule has 1 saturated heterocycles. The van der Waals surface area contributed by atoms with Crippen LogP contribution in [-0.2, 0) is 14.4 Å². The van der Waals surface area contributed by atoms with Crippen LogP contribution in [-0.4, -0.2) is 29.5 Å². The first-order valence-corrected chi connectivity index (χ1v) is 6.38. The van der Waals surface area contributed by atoms with Gasteiger partial charge in [0.05, 0.1) is 18.7 Å². The van der Waals surface area contributed by atoms with Gasteiger partial charge in [-0.05, 0) is 30.7 Å². The third-order valence-electron chi connectivity index (χ3n) is 2.96. The monoisotopic (exact) mass is 277 g/mol. The molecule has 6 nitrogen and oxygen atoms in total. The van der Waals surface area contributed by atoms with Crippen molar-refractivity contribution in [1.82, 2.24) is 0 Å². The van der Waals surface area contributed by atoms with Crippen LogP contribution in [0, 0.1) is 0 Å². The molecule has 0 bridgehead atoms. The molecule has 1 aromatic rings. The number of piperidine rings is 1. The van der Waals surface area contributed by atoms with E-state index in [9.17, 15) is 14.4 Å². The number of aliphatic carboxylic acids is 1. The number of benzene rings is 1. The van der Waals surface area contributed by atoms with Crippen molar-refractivity contribution in [3.8, 4) is 5.75 Å². The highest BCUT2D eigenvalue weighted by atomic mass is 16.5. The number of hydrogen-bond acceptors (Lipinski definition) is 4. The Labute approximate surface area is 115 Å². The zero-order valence-electron chi connectivity index (χ0n) is 10.9. The standard InChI is InChI=1S/C14H15NO5/c16-12-2-1-3-13(17)15(12)10-4-6-11(7-5-10)20-9-8-14(18)19/h4-7H,1-3,8-9H2,(H,18,19). The van der Waals surface area contributed by atoms with Gasteiger partial charge in [0.1, 0.15) is 5.75 Å². The Morgan fingerprint density at radius 2 is 1.75 bits per heavy atom. The van der Waals surface area contributed by atoms with E-state index in [0.717, 1.165) is 0 Å². The zero-order valence-corrected chi connectivity index (χ0v) is 10.9. The first-order valence-electron chi connectivity index (χ1n) is 6.38. The highest BCUT2D eigenvalue weighted by Gasteiger charge is 2.27. The predicted octanol–water partition coefficient (Wildman–Crippen LogP) is 1.58. The van der Waals surface area contributed by atoms with E-state index in [1.807, 2.05) is 0 Å². The summed E-state index contributed by atoms with van der Waals surface area (Å²) >= 11 is 0. The zero-order chi connectivity index (χ0) is 14.5. The lowest BCUT2D eigenvalue weighted by Gasteiger charge is -2.24. The molecule has 6 heteroatoms. The second-order valence-electron chi connectivity index (χ2n) is 4.46. The van der Waals surface area contributed by atoms with Crippen LogP contribution in [0.25, 0.3) is 0 Å². The van der Waals surface area contributed by atoms with Gasteiger partial charge in [-0.2, -0.15) is 0 Å². The van der Waals surface area contributed by atoms with E-state index >= 15 is 0 Å². The number of nitrogens with zero attached hydrogens (tertiary/aromatic N) is 1. The molecule has 0 aliphatic carbocycles. The molecule has 0 atom stereocenters. The summed E-state index contributed by atoms with van der Waals surface area (Å²) < 4.78 is 5.24. The van der Waals surface area contributed by atoms with E-state index in [1.54, 1.807) is 24.3 Å². The molecule has 2 amide bonds.